The van der Waals surface area contributed by atoms with Crippen molar-refractivity contribution in [1.82, 2.24) is 15.3 Å². The van der Waals surface area contributed by atoms with E-state index in [1.165, 1.54) is 0 Å². The Hall–Kier alpha value is -1.70. The van der Waals surface area contributed by atoms with E-state index < -0.39 is 0 Å². The lowest BCUT2D eigenvalue weighted by Crippen LogP contribution is -2.22. The summed E-state index contributed by atoms with van der Waals surface area (Å²) in [6.45, 7) is 0.467. The molecule has 0 spiro atoms. The first kappa shape index (κ1) is 18.1. The molecule has 1 amide bonds. The molecule has 0 fully saturated rings. The van der Waals surface area contributed by atoms with Crippen LogP contribution in [-0.4, -0.2) is 21.6 Å². The van der Waals surface area contributed by atoms with E-state index in [-0.39, 0.29) is 5.91 Å². The number of carbonyl (C=O) groups excluding carboxylic acids is 1. The van der Waals surface area contributed by atoms with Crippen LogP contribution in [0.2, 0.25) is 0 Å². The van der Waals surface area contributed by atoms with Gasteiger partial charge in [0.05, 0.1) is 12.2 Å². The van der Waals surface area contributed by atoms with Crippen molar-refractivity contribution < 1.29 is 4.79 Å². The Morgan fingerprint density at radius 3 is 2.80 bits per heavy atom. The number of rotatable bonds is 7. The Morgan fingerprint density at radius 2 is 2.00 bits per heavy atom. The summed E-state index contributed by atoms with van der Waals surface area (Å²) in [6, 6.07) is 11.9. The number of halogens is 1. The molecule has 0 saturated carbocycles. The van der Waals surface area contributed by atoms with E-state index >= 15 is 0 Å². The van der Waals surface area contributed by atoms with E-state index in [1.54, 1.807) is 35.5 Å². The maximum Gasteiger partial charge on any atom is 0.221 e. The standard InChI is InChI=1S/C18H16BrN3OS2/c19-14-3-1-2-4-16(14)24-10-7-17(23)21-11-18-22-15(12-25-18)13-5-8-20-9-6-13/h1-6,8-9,12H,7,10-11H2,(H,21,23). The van der Waals surface area contributed by atoms with E-state index in [0.29, 0.717) is 13.0 Å². The fourth-order valence-corrected chi connectivity index (χ4v) is 4.38. The van der Waals surface area contributed by atoms with Crippen molar-refractivity contribution in [3.05, 3.63) is 63.7 Å². The van der Waals surface area contributed by atoms with Crippen LogP contribution in [0.5, 0.6) is 0 Å². The summed E-state index contributed by atoms with van der Waals surface area (Å²) in [5, 5.41) is 5.84. The minimum absolute atomic E-state index is 0.0419. The number of nitrogens with one attached hydrogen (secondary N) is 1. The molecule has 0 aliphatic carbocycles. The van der Waals surface area contributed by atoms with Crippen LogP contribution in [-0.2, 0) is 11.3 Å². The van der Waals surface area contributed by atoms with Crippen molar-refractivity contribution in [2.45, 2.75) is 17.9 Å². The number of carbonyl (C=O) groups is 1. The van der Waals surface area contributed by atoms with Gasteiger partial charge in [-0.05, 0) is 40.2 Å². The van der Waals surface area contributed by atoms with Crippen LogP contribution in [0.3, 0.4) is 0 Å². The van der Waals surface area contributed by atoms with Crippen molar-refractivity contribution in [1.29, 1.82) is 0 Å². The molecule has 25 heavy (non-hydrogen) atoms. The Labute approximate surface area is 163 Å². The first-order valence-electron chi connectivity index (χ1n) is 7.71. The molecule has 0 aliphatic rings. The molecule has 1 aromatic carbocycles. The largest absolute Gasteiger partial charge is 0.350 e. The van der Waals surface area contributed by atoms with Gasteiger partial charge in [0.1, 0.15) is 5.01 Å². The third kappa shape index (κ3) is 5.39. The Morgan fingerprint density at radius 1 is 1.20 bits per heavy atom. The number of thioether (sulfide) groups is 1. The van der Waals surface area contributed by atoms with E-state index in [9.17, 15) is 4.79 Å². The molecule has 0 unspecified atom stereocenters. The van der Waals surface area contributed by atoms with Gasteiger partial charge in [-0.3, -0.25) is 9.78 Å². The lowest BCUT2D eigenvalue weighted by atomic mass is 10.2. The highest BCUT2D eigenvalue weighted by molar-refractivity contribution is 9.10. The molecule has 2 aromatic heterocycles. The molecule has 3 aromatic rings. The molecule has 0 atom stereocenters. The highest BCUT2D eigenvalue weighted by Gasteiger charge is 2.07. The van der Waals surface area contributed by atoms with Crippen LogP contribution < -0.4 is 5.32 Å². The van der Waals surface area contributed by atoms with Gasteiger partial charge in [0.25, 0.3) is 0 Å². The second-order valence-corrected chi connectivity index (χ2v) is 8.10. The minimum atomic E-state index is 0.0419. The van der Waals surface area contributed by atoms with Gasteiger partial charge < -0.3 is 5.32 Å². The number of nitrogens with zero attached hydrogens (tertiary/aromatic N) is 2. The zero-order valence-corrected chi connectivity index (χ0v) is 16.5. The highest BCUT2D eigenvalue weighted by atomic mass is 79.9. The number of pyridine rings is 1. The van der Waals surface area contributed by atoms with Crippen LogP contribution >= 0.6 is 39.0 Å². The fraction of sp³-hybridized carbons (Fsp3) is 0.167. The number of hydrogen-bond donors (Lipinski definition) is 1. The van der Waals surface area contributed by atoms with Crippen LogP contribution in [0.4, 0.5) is 0 Å². The summed E-state index contributed by atoms with van der Waals surface area (Å²) in [5.74, 6) is 0.786. The maximum absolute atomic E-state index is 12.0. The Kier molecular flexibility index (Phi) is 6.61. The molecule has 0 saturated heterocycles. The predicted molar refractivity (Wildman–Crippen MR) is 107 cm³/mol. The maximum atomic E-state index is 12.0. The quantitative estimate of drug-likeness (QED) is 0.545. The number of thiazole rings is 1. The Bertz CT molecular complexity index is 839. The molecule has 3 rings (SSSR count). The number of benzene rings is 1. The van der Waals surface area contributed by atoms with Gasteiger partial charge >= 0.3 is 0 Å². The normalized spacial score (nSPS) is 10.6. The monoisotopic (exact) mass is 433 g/mol. The predicted octanol–water partition coefficient (Wildman–Crippen LogP) is 4.77. The van der Waals surface area contributed by atoms with E-state index in [2.05, 4.69) is 31.2 Å². The number of aromatic nitrogens is 2. The van der Waals surface area contributed by atoms with Gasteiger partial charge in [-0.25, -0.2) is 4.98 Å². The molecule has 0 bridgehead atoms. The van der Waals surface area contributed by atoms with Crippen molar-refractivity contribution in [3.63, 3.8) is 0 Å². The average molecular weight is 434 g/mol. The molecule has 0 aliphatic heterocycles. The van der Waals surface area contributed by atoms with Crippen molar-refractivity contribution in [2.24, 2.45) is 0 Å². The van der Waals surface area contributed by atoms with Crippen LogP contribution in [0, 0.1) is 0 Å². The van der Waals surface area contributed by atoms with Gasteiger partial charge in [0.2, 0.25) is 5.91 Å². The summed E-state index contributed by atoms with van der Waals surface area (Å²) in [6.07, 6.45) is 3.98. The topological polar surface area (TPSA) is 54.9 Å². The van der Waals surface area contributed by atoms with Gasteiger partial charge in [-0.2, -0.15) is 0 Å². The number of hydrogen-bond acceptors (Lipinski definition) is 5. The van der Waals surface area contributed by atoms with E-state index in [1.807, 2.05) is 41.8 Å². The van der Waals surface area contributed by atoms with Gasteiger partial charge in [-0.1, -0.05) is 12.1 Å². The molecule has 4 nitrogen and oxygen atoms in total. The summed E-state index contributed by atoms with van der Waals surface area (Å²) in [7, 11) is 0. The van der Waals surface area contributed by atoms with E-state index in [0.717, 1.165) is 31.4 Å². The fourth-order valence-electron chi connectivity index (χ4n) is 2.13. The SMILES string of the molecule is O=C(CCSc1ccccc1Br)NCc1nc(-c2ccncc2)cs1. The average Bonchev–Trinajstić information content (AvgIpc) is 3.11. The third-order valence-electron chi connectivity index (χ3n) is 3.39. The van der Waals surface area contributed by atoms with Crippen molar-refractivity contribution in [2.75, 3.05) is 5.75 Å². The lowest BCUT2D eigenvalue weighted by Gasteiger charge is -2.05. The minimum Gasteiger partial charge on any atom is -0.350 e. The first-order chi connectivity index (χ1) is 12.2. The molecular formula is C18H16BrN3OS2. The second-order valence-electron chi connectivity index (χ2n) is 5.17. The Balaban J connectivity index is 1.44. The number of amides is 1. The molecule has 1 N–H and O–H groups in total. The van der Waals surface area contributed by atoms with Gasteiger partial charge in [0.15, 0.2) is 0 Å². The van der Waals surface area contributed by atoms with E-state index in [4.69, 9.17) is 0 Å². The third-order valence-corrected chi connectivity index (χ3v) is 6.27. The molecule has 128 valence electrons. The van der Waals surface area contributed by atoms with Gasteiger partial charge in [-0.15, -0.1) is 23.1 Å². The van der Waals surface area contributed by atoms with Crippen molar-refractivity contribution in [3.8, 4) is 11.3 Å². The molecular weight excluding hydrogens is 418 g/mol. The van der Waals surface area contributed by atoms with Crippen molar-refractivity contribution >= 4 is 44.9 Å². The molecule has 7 heteroatoms. The molecule has 2 heterocycles. The zero-order valence-electron chi connectivity index (χ0n) is 13.3. The lowest BCUT2D eigenvalue weighted by molar-refractivity contribution is -0.120. The highest BCUT2D eigenvalue weighted by Crippen LogP contribution is 2.27. The summed E-state index contributed by atoms with van der Waals surface area (Å²) < 4.78 is 1.06. The van der Waals surface area contributed by atoms with Crippen LogP contribution in [0.15, 0.2) is 63.5 Å². The van der Waals surface area contributed by atoms with Crippen LogP contribution in [0.1, 0.15) is 11.4 Å². The second kappa shape index (κ2) is 9.12. The summed E-state index contributed by atoms with van der Waals surface area (Å²) in [5.41, 5.74) is 1.95. The smallest absolute Gasteiger partial charge is 0.221 e. The first-order valence-corrected chi connectivity index (χ1v) is 10.4. The molecule has 0 radical (unpaired) electrons. The summed E-state index contributed by atoms with van der Waals surface area (Å²) >= 11 is 6.74. The van der Waals surface area contributed by atoms with Gasteiger partial charge in [0, 0.05) is 44.9 Å². The van der Waals surface area contributed by atoms with Crippen LogP contribution in [0.25, 0.3) is 11.3 Å². The zero-order chi connectivity index (χ0) is 17.5. The summed E-state index contributed by atoms with van der Waals surface area (Å²) in [4.78, 5) is 21.7.